The summed E-state index contributed by atoms with van der Waals surface area (Å²) in [6.45, 7) is 1.89. The van der Waals surface area contributed by atoms with Crippen molar-refractivity contribution in [1.82, 2.24) is 5.32 Å². The second kappa shape index (κ2) is 7.94. The first-order valence-electron chi connectivity index (χ1n) is 7.43. The van der Waals surface area contributed by atoms with Crippen LogP contribution in [0.1, 0.15) is 30.1 Å². The number of hydrogen-bond acceptors (Lipinski definition) is 4. The predicted molar refractivity (Wildman–Crippen MR) is 87.3 cm³/mol. The van der Waals surface area contributed by atoms with Crippen LogP contribution < -0.4 is 14.8 Å². The Labute approximate surface area is 135 Å². The fourth-order valence-electron chi connectivity index (χ4n) is 2.46. The first-order chi connectivity index (χ1) is 11.1. The minimum absolute atomic E-state index is 0.0597. The van der Waals surface area contributed by atoms with E-state index in [0.717, 1.165) is 16.9 Å². The number of halogens is 1. The Morgan fingerprint density at radius 1 is 1.09 bits per heavy atom. The molecule has 0 radical (unpaired) electrons. The van der Waals surface area contributed by atoms with Crippen LogP contribution in [0.5, 0.6) is 11.5 Å². The van der Waals surface area contributed by atoms with Crippen molar-refractivity contribution >= 4 is 0 Å². The van der Waals surface area contributed by atoms with Gasteiger partial charge in [-0.05, 0) is 42.3 Å². The van der Waals surface area contributed by atoms with Crippen molar-refractivity contribution in [2.45, 2.75) is 19.0 Å². The summed E-state index contributed by atoms with van der Waals surface area (Å²) in [5, 5.41) is 13.0. The van der Waals surface area contributed by atoms with Gasteiger partial charge in [0, 0.05) is 6.04 Å². The molecule has 0 bridgehead atoms. The lowest BCUT2D eigenvalue weighted by Gasteiger charge is -2.23. The molecular weight excluding hydrogens is 297 g/mol. The van der Waals surface area contributed by atoms with Crippen LogP contribution in [0.2, 0.25) is 0 Å². The minimum atomic E-state index is -0.394. The van der Waals surface area contributed by atoms with Gasteiger partial charge in [-0.2, -0.15) is 0 Å². The Morgan fingerprint density at radius 2 is 1.87 bits per heavy atom. The molecule has 23 heavy (non-hydrogen) atoms. The highest BCUT2D eigenvalue weighted by atomic mass is 19.1. The largest absolute Gasteiger partial charge is 0.497 e. The van der Waals surface area contributed by atoms with Crippen molar-refractivity contribution in [3.63, 3.8) is 0 Å². The highest BCUT2D eigenvalue weighted by molar-refractivity contribution is 5.33. The standard InChI is InChI=1S/C18H22FNO3/c1-12(13-7-8-16(19)18(10-13)23-3)20-17(11-21)14-5-4-6-15(9-14)22-2/h4-10,12,17,20-21H,11H2,1-3H3. The summed E-state index contributed by atoms with van der Waals surface area (Å²) in [6.07, 6.45) is 0. The monoisotopic (exact) mass is 319 g/mol. The second-order valence-corrected chi connectivity index (χ2v) is 5.29. The molecule has 2 unspecified atom stereocenters. The summed E-state index contributed by atoms with van der Waals surface area (Å²) in [4.78, 5) is 0. The van der Waals surface area contributed by atoms with E-state index in [1.165, 1.54) is 13.2 Å². The molecule has 0 aliphatic heterocycles. The summed E-state index contributed by atoms with van der Waals surface area (Å²) in [6, 6.07) is 11.9. The van der Waals surface area contributed by atoms with E-state index in [1.54, 1.807) is 19.2 Å². The number of hydrogen-bond donors (Lipinski definition) is 2. The molecule has 2 aromatic rings. The van der Waals surface area contributed by atoms with Gasteiger partial charge in [0.2, 0.25) is 0 Å². The Morgan fingerprint density at radius 3 is 2.52 bits per heavy atom. The maximum Gasteiger partial charge on any atom is 0.165 e. The number of rotatable bonds is 7. The summed E-state index contributed by atoms with van der Waals surface area (Å²) in [7, 11) is 3.04. The van der Waals surface area contributed by atoms with E-state index in [9.17, 15) is 9.50 Å². The van der Waals surface area contributed by atoms with Crippen LogP contribution in [-0.4, -0.2) is 25.9 Å². The van der Waals surface area contributed by atoms with Gasteiger partial charge in [0.25, 0.3) is 0 Å². The van der Waals surface area contributed by atoms with E-state index in [4.69, 9.17) is 9.47 Å². The van der Waals surface area contributed by atoms with Crippen LogP contribution >= 0.6 is 0 Å². The van der Waals surface area contributed by atoms with Gasteiger partial charge in [0.15, 0.2) is 11.6 Å². The third-order valence-electron chi connectivity index (χ3n) is 3.81. The Bertz CT molecular complexity index is 648. The molecule has 0 heterocycles. The van der Waals surface area contributed by atoms with E-state index < -0.39 is 5.82 Å². The van der Waals surface area contributed by atoms with E-state index in [-0.39, 0.29) is 24.4 Å². The normalized spacial score (nSPS) is 13.4. The lowest BCUT2D eigenvalue weighted by Crippen LogP contribution is -2.27. The molecule has 2 rings (SSSR count). The fourth-order valence-corrected chi connectivity index (χ4v) is 2.46. The number of aliphatic hydroxyl groups is 1. The fraction of sp³-hybridized carbons (Fsp3) is 0.333. The molecule has 0 fully saturated rings. The van der Waals surface area contributed by atoms with Crippen molar-refractivity contribution in [1.29, 1.82) is 0 Å². The van der Waals surface area contributed by atoms with E-state index >= 15 is 0 Å². The summed E-state index contributed by atoms with van der Waals surface area (Å²) >= 11 is 0. The molecule has 124 valence electrons. The molecule has 2 atom stereocenters. The molecule has 0 aromatic heterocycles. The zero-order valence-electron chi connectivity index (χ0n) is 13.5. The maximum atomic E-state index is 13.5. The van der Waals surface area contributed by atoms with E-state index in [0.29, 0.717) is 0 Å². The smallest absolute Gasteiger partial charge is 0.165 e. The number of ether oxygens (including phenoxy) is 2. The van der Waals surface area contributed by atoms with Gasteiger partial charge >= 0.3 is 0 Å². The van der Waals surface area contributed by atoms with Crippen LogP contribution in [0, 0.1) is 5.82 Å². The van der Waals surface area contributed by atoms with Gasteiger partial charge in [-0.1, -0.05) is 18.2 Å². The molecule has 2 aromatic carbocycles. The molecule has 4 nitrogen and oxygen atoms in total. The topological polar surface area (TPSA) is 50.7 Å². The SMILES string of the molecule is COc1cccc(C(CO)NC(C)c2ccc(F)c(OC)c2)c1. The molecule has 0 spiro atoms. The first kappa shape index (κ1) is 17.2. The molecule has 0 aliphatic carbocycles. The Kier molecular flexibility index (Phi) is 5.96. The first-order valence-corrected chi connectivity index (χ1v) is 7.43. The Balaban J connectivity index is 2.17. The summed E-state index contributed by atoms with van der Waals surface area (Å²) < 4.78 is 23.7. The van der Waals surface area contributed by atoms with Crippen LogP contribution in [-0.2, 0) is 0 Å². The number of methoxy groups -OCH3 is 2. The van der Waals surface area contributed by atoms with Crippen LogP contribution in [0.4, 0.5) is 4.39 Å². The third-order valence-corrected chi connectivity index (χ3v) is 3.81. The number of nitrogens with one attached hydrogen (secondary N) is 1. The quantitative estimate of drug-likeness (QED) is 0.823. The third kappa shape index (κ3) is 4.21. The van der Waals surface area contributed by atoms with Gasteiger partial charge in [0.05, 0.1) is 26.9 Å². The second-order valence-electron chi connectivity index (χ2n) is 5.29. The number of aliphatic hydroxyl groups excluding tert-OH is 1. The van der Waals surface area contributed by atoms with Crippen LogP contribution in [0.15, 0.2) is 42.5 Å². The highest BCUT2D eigenvalue weighted by Gasteiger charge is 2.16. The highest BCUT2D eigenvalue weighted by Crippen LogP contribution is 2.26. The van der Waals surface area contributed by atoms with Crippen molar-refractivity contribution in [3.8, 4) is 11.5 Å². The molecule has 0 aliphatic rings. The zero-order chi connectivity index (χ0) is 16.8. The maximum absolute atomic E-state index is 13.5. The van der Waals surface area contributed by atoms with Gasteiger partial charge in [-0.15, -0.1) is 0 Å². The number of benzene rings is 2. The van der Waals surface area contributed by atoms with Crippen molar-refractivity contribution in [2.75, 3.05) is 20.8 Å². The molecule has 5 heteroatoms. The van der Waals surface area contributed by atoms with E-state index in [2.05, 4.69) is 5.32 Å². The van der Waals surface area contributed by atoms with Gasteiger partial charge in [-0.3, -0.25) is 0 Å². The molecular formula is C18H22FNO3. The lowest BCUT2D eigenvalue weighted by atomic mass is 10.0. The van der Waals surface area contributed by atoms with E-state index in [1.807, 2.05) is 31.2 Å². The summed E-state index contributed by atoms with van der Waals surface area (Å²) in [5.74, 6) is 0.548. The summed E-state index contributed by atoms with van der Waals surface area (Å²) in [5.41, 5.74) is 1.80. The van der Waals surface area contributed by atoms with Crippen LogP contribution in [0.3, 0.4) is 0 Å². The Hall–Kier alpha value is -2.11. The van der Waals surface area contributed by atoms with Crippen molar-refractivity contribution in [3.05, 3.63) is 59.4 Å². The van der Waals surface area contributed by atoms with Gasteiger partial charge in [-0.25, -0.2) is 4.39 Å². The van der Waals surface area contributed by atoms with Crippen molar-refractivity contribution in [2.24, 2.45) is 0 Å². The molecule has 0 saturated carbocycles. The lowest BCUT2D eigenvalue weighted by molar-refractivity contribution is 0.235. The van der Waals surface area contributed by atoms with Crippen molar-refractivity contribution < 1.29 is 19.0 Å². The van der Waals surface area contributed by atoms with Gasteiger partial charge in [0.1, 0.15) is 5.75 Å². The predicted octanol–water partition coefficient (Wildman–Crippen LogP) is 3.23. The molecule has 0 amide bonds. The average Bonchev–Trinajstić information content (AvgIpc) is 2.59. The molecule has 2 N–H and O–H groups in total. The minimum Gasteiger partial charge on any atom is -0.497 e. The molecule has 0 saturated heterocycles. The zero-order valence-corrected chi connectivity index (χ0v) is 13.5. The van der Waals surface area contributed by atoms with Crippen LogP contribution in [0.25, 0.3) is 0 Å². The average molecular weight is 319 g/mol. The van der Waals surface area contributed by atoms with Gasteiger partial charge < -0.3 is 19.9 Å².